The Kier molecular flexibility index (Phi) is 7.05. The summed E-state index contributed by atoms with van der Waals surface area (Å²) in [5.74, 6) is -0.0123. The number of fused-ring (bicyclic) bond motifs is 1. The van der Waals surface area contributed by atoms with E-state index in [-0.39, 0.29) is 30.5 Å². The highest BCUT2D eigenvalue weighted by atomic mass is 19.1. The maximum absolute atomic E-state index is 14.6. The normalized spacial score (nSPS) is 17.7. The van der Waals surface area contributed by atoms with Crippen molar-refractivity contribution in [2.45, 2.75) is 45.9 Å². The number of carbonyl (C=O) groups excluding carboxylic acids is 1. The van der Waals surface area contributed by atoms with Crippen molar-refractivity contribution in [1.82, 2.24) is 25.3 Å². The van der Waals surface area contributed by atoms with E-state index in [1.807, 2.05) is 49.9 Å². The molecule has 4 aromatic rings. The number of nitrogens with one attached hydrogen (secondary N) is 1. The van der Waals surface area contributed by atoms with Crippen LogP contribution in [0.2, 0.25) is 0 Å². The molecule has 1 saturated heterocycles. The first-order valence-electron chi connectivity index (χ1n) is 12.4. The topological polar surface area (TPSA) is 93.1 Å². The first-order valence-corrected chi connectivity index (χ1v) is 12.4. The molecule has 1 aliphatic heterocycles. The fourth-order valence-corrected chi connectivity index (χ4v) is 4.52. The predicted molar refractivity (Wildman–Crippen MR) is 140 cm³/mol. The van der Waals surface area contributed by atoms with Crippen LogP contribution in [0.3, 0.4) is 0 Å². The van der Waals surface area contributed by atoms with E-state index in [4.69, 9.17) is 14.7 Å². The molecule has 0 saturated carbocycles. The van der Waals surface area contributed by atoms with Gasteiger partial charge in [0, 0.05) is 49.2 Å². The zero-order valence-corrected chi connectivity index (χ0v) is 21.1. The van der Waals surface area contributed by atoms with E-state index in [9.17, 15) is 9.18 Å². The van der Waals surface area contributed by atoms with Crippen LogP contribution in [-0.2, 0) is 17.7 Å². The lowest BCUT2D eigenvalue weighted by atomic mass is 10.1. The third-order valence-electron chi connectivity index (χ3n) is 6.31. The lowest BCUT2D eigenvalue weighted by Crippen LogP contribution is -2.45. The molecule has 37 heavy (non-hydrogen) atoms. The van der Waals surface area contributed by atoms with Gasteiger partial charge in [-0.3, -0.25) is 14.8 Å². The molecule has 190 valence electrons. The van der Waals surface area contributed by atoms with Crippen molar-refractivity contribution in [2.24, 2.45) is 0 Å². The van der Waals surface area contributed by atoms with Crippen LogP contribution in [0.15, 0.2) is 55.0 Å². The number of anilines is 1. The van der Waals surface area contributed by atoms with Crippen LogP contribution in [0.25, 0.3) is 22.3 Å². The second kappa shape index (κ2) is 10.6. The minimum absolute atomic E-state index is 0.0364. The van der Waals surface area contributed by atoms with Crippen molar-refractivity contribution in [2.75, 3.05) is 18.0 Å². The van der Waals surface area contributed by atoms with Gasteiger partial charge >= 0.3 is 0 Å². The summed E-state index contributed by atoms with van der Waals surface area (Å²) in [5, 5.41) is 3.73. The van der Waals surface area contributed by atoms with Crippen molar-refractivity contribution >= 4 is 22.6 Å². The zero-order valence-electron chi connectivity index (χ0n) is 21.1. The highest BCUT2D eigenvalue weighted by molar-refractivity contribution is 5.94. The summed E-state index contributed by atoms with van der Waals surface area (Å²) in [7, 11) is 0. The number of nitrogens with zero attached hydrogens (tertiary/aromatic N) is 5. The summed E-state index contributed by atoms with van der Waals surface area (Å²) in [4.78, 5) is 32.7. The lowest BCUT2D eigenvalue weighted by molar-refractivity contribution is -0.00547. The molecule has 9 heteroatoms. The van der Waals surface area contributed by atoms with Crippen LogP contribution >= 0.6 is 0 Å². The smallest absolute Gasteiger partial charge is 0.253 e. The van der Waals surface area contributed by atoms with E-state index in [1.165, 1.54) is 12.1 Å². The maximum Gasteiger partial charge on any atom is 0.253 e. The SMILES string of the molecule is CCc1cncc(C(=O)NCc2cc3nc(-c4cc(F)cc(N5CC(C)O[C@@H](C)C5)n4)ccc3cn2)c1. The van der Waals surface area contributed by atoms with E-state index >= 15 is 0 Å². The number of hydrogen-bond donors (Lipinski definition) is 1. The number of aryl methyl sites for hydroxylation is 1. The molecule has 1 unspecified atom stereocenters. The van der Waals surface area contributed by atoms with Gasteiger partial charge in [-0.05, 0) is 50.1 Å². The van der Waals surface area contributed by atoms with Crippen molar-refractivity contribution in [1.29, 1.82) is 0 Å². The molecule has 2 atom stereocenters. The van der Waals surface area contributed by atoms with Gasteiger partial charge in [-0.15, -0.1) is 0 Å². The van der Waals surface area contributed by atoms with Gasteiger partial charge in [-0.1, -0.05) is 6.92 Å². The molecule has 0 bridgehead atoms. The van der Waals surface area contributed by atoms with Crippen molar-refractivity contribution in [3.8, 4) is 11.4 Å². The highest BCUT2D eigenvalue weighted by Gasteiger charge is 2.24. The van der Waals surface area contributed by atoms with Crippen LogP contribution in [0.1, 0.15) is 42.4 Å². The second-order valence-electron chi connectivity index (χ2n) is 9.37. The van der Waals surface area contributed by atoms with Crippen molar-refractivity contribution < 1.29 is 13.9 Å². The van der Waals surface area contributed by atoms with Gasteiger partial charge < -0.3 is 15.0 Å². The van der Waals surface area contributed by atoms with Gasteiger partial charge in [-0.25, -0.2) is 14.4 Å². The number of ether oxygens (including phenoxy) is 1. The molecule has 8 nitrogen and oxygen atoms in total. The van der Waals surface area contributed by atoms with E-state index in [2.05, 4.69) is 15.3 Å². The molecule has 5 rings (SSSR count). The monoisotopic (exact) mass is 500 g/mol. The number of hydrogen-bond acceptors (Lipinski definition) is 7. The van der Waals surface area contributed by atoms with E-state index in [0.29, 0.717) is 47.1 Å². The van der Waals surface area contributed by atoms with E-state index < -0.39 is 0 Å². The van der Waals surface area contributed by atoms with Crippen molar-refractivity contribution in [3.05, 3.63) is 77.6 Å². The van der Waals surface area contributed by atoms with Gasteiger partial charge in [0.2, 0.25) is 0 Å². The number of amides is 1. The lowest BCUT2D eigenvalue weighted by Gasteiger charge is -2.36. The van der Waals surface area contributed by atoms with E-state index in [1.54, 1.807) is 18.6 Å². The Morgan fingerprint density at radius 3 is 2.65 bits per heavy atom. The maximum atomic E-state index is 14.6. The number of morpholine rings is 1. The quantitative estimate of drug-likeness (QED) is 0.421. The van der Waals surface area contributed by atoms with Crippen molar-refractivity contribution in [3.63, 3.8) is 0 Å². The van der Waals surface area contributed by atoms with Crippen LogP contribution in [0.4, 0.5) is 10.2 Å². The molecule has 0 radical (unpaired) electrons. The Hall–Kier alpha value is -3.98. The first-order chi connectivity index (χ1) is 17.9. The molecule has 0 aliphatic carbocycles. The fraction of sp³-hybridized carbons (Fsp3) is 0.321. The molecule has 1 fully saturated rings. The number of pyridine rings is 4. The summed E-state index contributed by atoms with van der Waals surface area (Å²) < 4.78 is 20.4. The summed E-state index contributed by atoms with van der Waals surface area (Å²) in [5.41, 5.74) is 3.88. The number of aromatic nitrogens is 4. The molecule has 4 aromatic heterocycles. The molecular weight excluding hydrogens is 471 g/mol. The average molecular weight is 501 g/mol. The Bertz CT molecular complexity index is 1440. The Labute approximate surface area is 214 Å². The summed E-state index contributed by atoms with van der Waals surface area (Å²) in [6, 6.07) is 10.2. The standard InChI is InChI=1S/C28H29FN6O2/c1-4-19-7-21(12-30-11-19)28(36)32-14-23-10-25-20(13-31-23)5-6-24(33-25)26-8-22(29)9-27(34-26)35-15-17(2)37-18(3)16-35/h5-13,17-18H,4,14-16H2,1-3H3,(H,32,36)/t17-,18?/m0/s1. The van der Waals surface area contributed by atoms with Crippen LogP contribution < -0.4 is 10.2 Å². The molecule has 0 aromatic carbocycles. The van der Waals surface area contributed by atoms with Crippen LogP contribution in [0.5, 0.6) is 0 Å². The van der Waals surface area contributed by atoms with Gasteiger partial charge in [0.1, 0.15) is 11.6 Å². The third-order valence-corrected chi connectivity index (χ3v) is 6.31. The predicted octanol–water partition coefficient (Wildman–Crippen LogP) is 4.33. The Morgan fingerprint density at radius 2 is 1.86 bits per heavy atom. The Morgan fingerprint density at radius 1 is 1.05 bits per heavy atom. The molecule has 1 N–H and O–H groups in total. The van der Waals surface area contributed by atoms with Crippen LogP contribution in [-0.4, -0.2) is 51.1 Å². The zero-order chi connectivity index (χ0) is 25.9. The fourth-order valence-electron chi connectivity index (χ4n) is 4.52. The summed E-state index contributed by atoms with van der Waals surface area (Å²) in [6.07, 6.45) is 5.90. The number of halogens is 1. The minimum Gasteiger partial charge on any atom is -0.372 e. The molecular formula is C28H29FN6O2. The minimum atomic E-state index is -0.367. The summed E-state index contributed by atoms with van der Waals surface area (Å²) >= 11 is 0. The average Bonchev–Trinajstić information content (AvgIpc) is 2.90. The molecule has 1 aliphatic rings. The second-order valence-corrected chi connectivity index (χ2v) is 9.37. The first kappa shape index (κ1) is 24.7. The molecule has 0 spiro atoms. The highest BCUT2D eigenvalue weighted by Crippen LogP contribution is 2.25. The van der Waals surface area contributed by atoms with Gasteiger partial charge in [0.05, 0.1) is 46.9 Å². The summed E-state index contributed by atoms with van der Waals surface area (Å²) in [6.45, 7) is 7.55. The Balaban J connectivity index is 1.37. The molecule has 1 amide bonds. The van der Waals surface area contributed by atoms with E-state index in [0.717, 1.165) is 17.4 Å². The number of rotatable bonds is 6. The van der Waals surface area contributed by atoms with Crippen LogP contribution in [0, 0.1) is 5.82 Å². The van der Waals surface area contributed by atoms with Gasteiger partial charge in [0.15, 0.2) is 0 Å². The van der Waals surface area contributed by atoms with Gasteiger partial charge in [-0.2, -0.15) is 0 Å². The largest absolute Gasteiger partial charge is 0.372 e. The third kappa shape index (κ3) is 5.72. The number of carbonyl (C=O) groups is 1. The molecule has 5 heterocycles. The van der Waals surface area contributed by atoms with Gasteiger partial charge in [0.25, 0.3) is 5.91 Å².